The molecule has 0 unspecified atom stereocenters. The molecule has 0 bridgehead atoms. The van der Waals surface area contributed by atoms with Gasteiger partial charge in [-0.1, -0.05) is 36.4 Å². The molecule has 0 aliphatic carbocycles. The summed E-state index contributed by atoms with van der Waals surface area (Å²) >= 11 is 0. The maximum absolute atomic E-state index is 11.7. The van der Waals surface area contributed by atoms with Gasteiger partial charge in [-0.25, -0.2) is 9.78 Å². The first-order valence-corrected chi connectivity index (χ1v) is 9.30. The number of nitrogens with zero attached hydrogens (tertiary/aromatic N) is 2. The van der Waals surface area contributed by atoms with Crippen LogP contribution < -0.4 is 21.7 Å². The van der Waals surface area contributed by atoms with Gasteiger partial charge in [0.15, 0.2) is 0 Å². The molecule has 0 spiro atoms. The minimum atomic E-state index is -0.627. The van der Waals surface area contributed by atoms with Crippen LogP contribution in [0.5, 0.6) is 0 Å². The molecule has 0 fully saturated rings. The maximum Gasteiger partial charge on any atom is 0.411 e. The zero-order chi connectivity index (χ0) is 21.3. The van der Waals surface area contributed by atoms with Gasteiger partial charge >= 0.3 is 6.09 Å². The predicted octanol–water partition coefficient (Wildman–Crippen LogP) is 3.50. The van der Waals surface area contributed by atoms with Gasteiger partial charge in [-0.15, -0.1) is 0 Å². The van der Waals surface area contributed by atoms with Crippen molar-refractivity contribution >= 4 is 35.1 Å². The summed E-state index contributed by atoms with van der Waals surface area (Å²) < 4.78 is 4.87. The van der Waals surface area contributed by atoms with Crippen molar-refractivity contribution in [2.24, 2.45) is 5.73 Å². The Labute approximate surface area is 173 Å². The van der Waals surface area contributed by atoms with Gasteiger partial charge in [0.25, 0.3) is 5.91 Å². The first-order chi connectivity index (χ1) is 14.5. The highest BCUT2D eigenvalue weighted by atomic mass is 16.5. The van der Waals surface area contributed by atoms with Crippen LogP contribution in [-0.2, 0) is 11.3 Å². The molecule has 0 aliphatic rings. The highest BCUT2D eigenvalue weighted by Gasteiger charge is 2.12. The van der Waals surface area contributed by atoms with Crippen molar-refractivity contribution in [3.05, 3.63) is 71.9 Å². The van der Waals surface area contributed by atoms with Crippen molar-refractivity contribution in [3.8, 4) is 0 Å². The second-order valence-electron chi connectivity index (χ2n) is 6.21. The summed E-state index contributed by atoms with van der Waals surface area (Å²) in [6.45, 7) is 2.48. The molecule has 1 heterocycles. The van der Waals surface area contributed by atoms with E-state index >= 15 is 0 Å². The number of nitrogens with two attached hydrogens (primary N) is 1. The summed E-state index contributed by atoms with van der Waals surface area (Å²) in [6.07, 6.45) is 0.829. The maximum atomic E-state index is 11.7. The molecule has 0 saturated heterocycles. The Morgan fingerprint density at radius 3 is 2.57 bits per heavy atom. The normalized spacial score (nSPS) is 10.2. The Morgan fingerprint density at radius 2 is 1.83 bits per heavy atom. The molecule has 0 saturated carbocycles. The molecule has 1 aromatic heterocycles. The van der Waals surface area contributed by atoms with E-state index in [1.807, 2.05) is 30.3 Å². The molecule has 0 aliphatic heterocycles. The monoisotopic (exact) mass is 406 g/mol. The summed E-state index contributed by atoms with van der Waals surface area (Å²) in [7, 11) is 0. The van der Waals surface area contributed by atoms with Gasteiger partial charge in [-0.3, -0.25) is 10.1 Å². The van der Waals surface area contributed by atoms with Gasteiger partial charge in [-0.2, -0.15) is 4.98 Å². The third kappa shape index (κ3) is 5.68. The van der Waals surface area contributed by atoms with Crippen LogP contribution in [-0.4, -0.2) is 28.6 Å². The van der Waals surface area contributed by atoms with Crippen molar-refractivity contribution in [2.75, 3.05) is 22.6 Å². The van der Waals surface area contributed by atoms with Crippen LogP contribution in [0.1, 0.15) is 22.8 Å². The molecule has 0 radical (unpaired) electrons. The second-order valence-corrected chi connectivity index (χ2v) is 6.21. The lowest BCUT2D eigenvalue weighted by Gasteiger charge is -2.12. The van der Waals surface area contributed by atoms with E-state index in [9.17, 15) is 9.59 Å². The number of carbonyl (C=O) groups is 2. The zero-order valence-corrected chi connectivity index (χ0v) is 16.4. The average Bonchev–Trinajstić information content (AvgIpc) is 2.73. The van der Waals surface area contributed by atoms with Gasteiger partial charge in [0, 0.05) is 24.1 Å². The van der Waals surface area contributed by atoms with Crippen LogP contribution in [0, 0.1) is 0 Å². The number of carbonyl (C=O) groups excluding carboxylic acids is 2. The van der Waals surface area contributed by atoms with E-state index in [0.717, 1.165) is 5.56 Å². The van der Waals surface area contributed by atoms with Gasteiger partial charge in [0.05, 0.1) is 12.2 Å². The number of hydrogen-bond donors (Lipinski definition) is 4. The number of benzene rings is 2. The van der Waals surface area contributed by atoms with Crippen LogP contribution in [0.3, 0.4) is 0 Å². The molecule has 30 heavy (non-hydrogen) atoms. The van der Waals surface area contributed by atoms with E-state index in [-0.39, 0.29) is 18.1 Å². The minimum absolute atomic E-state index is 0.189. The average molecular weight is 406 g/mol. The second kappa shape index (κ2) is 9.87. The molecule has 3 aromatic rings. The smallest absolute Gasteiger partial charge is 0.411 e. The number of nitrogens with one attached hydrogen (secondary N) is 3. The molecule has 3 rings (SSSR count). The number of anilines is 4. The van der Waals surface area contributed by atoms with Crippen LogP contribution in [0.4, 0.5) is 27.9 Å². The van der Waals surface area contributed by atoms with Crippen molar-refractivity contribution in [3.63, 3.8) is 0 Å². The van der Waals surface area contributed by atoms with Gasteiger partial charge < -0.3 is 21.1 Å². The molecule has 9 heteroatoms. The SMILES string of the molecule is CCOC(=O)Nc1cccc(Nc2ncc(C(N)=O)c(NCc3ccccc3)n2)c1. The fourth-order valence-corrected chi connectivity index (χ4v) is 2.63. The van der Waals surface area contributed by atoms with E-state index < -0.39 is 12.0 Å². The van der Waals surface area contributed by atoms with Crippen molar-refractivity contribution < 1.29 is 14.3 Å². The summed E-state index contributed by atoms with van der Waals surface area (Å²) in [4.78, 5) is 31.9. The standard InChI is InChI=1S/C21H22N6O3/c1-2-30-21(29)26-16-10-6-9-15(11-16)25-20-24-13-17(18(22)28)19(27-20)23-12-14-7-4-3-5-8-14/h3-11,13H,2,12H2,1H3,(H2,22,28)(H,26,29)(H2,23,24,25,27). The number of rotatable bonds is 8. The number of hydrogen-bond acceptors (Lipinski definition) is 7. The Hall–Kier alpha value is -4.14. The van der Waals surface area contributed by atoms with Gasteiger partial charge in [0.1, 0.15) is 5.82 Å². The summed E-state index contributed by atoms with van der Waals surface area (Å²) in [5.74, 6) is -0.0359. The molecule has 2 amide bonds. The van der Waals surface area contributed by atoms with Crippen molar-refractivity contribution in [1.82, 2.24) is 9.97 Å². The van der Waals surface area contributed by atoms with Gasteiger partial charge in [-0.05, 0) is 30.7 Å². The lowest BCUT2D eigenvalue weighted by atomic mass is 10.2. The molecule has 0 atom stereocenters. The summed E-state index contributed by atoms with van der Waals surface area (Å²) in [6, 6.07) is 16.7. The highest BCUT2D eigenvalue weighted by molar-refractivity contribution is 5.97. The van der Waals surface area contributed by atoms with Crippen molar-refractivity contribution in [2.45, 2.75) is 13.5 Å². The fourth-order valence-electron chi connectivity index (χ4n) is 2.63. The molecule has 9 nitrogen and oxygen atoms in total. The van der Waals surface area contributed by atoms with E-state index in [1.165, 1.54) is 6.20 Å². The number of ether oxygens (including phenoxy) is 1. The Kier molecular flexibility index (Phi) is 6.78. The molecule has 2 aromatic carbocycles. The van der Waals surface area contributed by atoms with Crippen molar-refractivity contribution in [1.29, 1.82) is 0 Å². The highest BCUT2D eigenvalue weighted by Crippen LogP contribution is 2.21. The Balaban J connectivity index is 1.76. The van der Waals surface area contributed by atoms with E-state index in [0.29, 0.717) is 23.7 Å². The summed E-state index contributed by atoms with van der Waals surface area (Å²) in [5, 5.41) is 8.80. The predicted molar refractivity (Wildman–Crippen MR) is 115 cm³/mol. The van der Waals surface area contributed by atoms with E-state index in [2.05, 4.69) is 25.9 Å². The molecular weight excluding hydrogens is 384 g/mol. The summed E-state index contributed by atoms with van der Waals surface area (Å²) in [5.41, 5.74) is 7.86. The number of primary amides is 1. The van der Waals surface area contributed by atoms with Crippen LogP contribution >= 0.6 is 0 Å². The lowest BCUT2D eigenvalue weighted by Crippen LogP contribution is -2.17. The lowest BCUT2D eigenvalue weighted by molar-refractivity contribution is 0.100. The van der Waals surface area contributed by atoms with Crippen LogP contribution in [0.2, 0.25) is 0 Å². The third-order valence-electron chi connectivity index (χ3n) is 4.00. The first-order valence-electron chi connectivity index (χ1n) is 9.30. The van der Waals surface area contributed by atoms with E-state index in [4.69, 9.17) is 10.5 Å². The molecular formula is C21H22N6O3. The fraction of sp³-hybridized carbons (Fsp3) is 0.143. The quantitative estimate of drug-likeness (QED) is 0.450. The minimum Gasteiger partial charge on any atom is -0.450 e. The molecule has 5 N–H and O–H groups in total. The molecule has 154 valence electrons. The zero-order valence-electron chi connectivity index (χ0n) is 16.4. The van der Waals surface area contributed by atoms with Crippen LogP contribution in [0.25, 0.3) is 0 Å². The third-order valence-corrected chi connectivity index (χ3v) is 4.00. The topological polar surface area (TPSA) is 131 Å². The van der Waals surface area contributed by atoms with Gasteiger partial charge in [0.2, 0.25) is 5.95 Å². The largest absolute Gasteiger partial charge is 0.450 e. The Morgan fingerprint density at radius 1 is 1.07 bits per heavy atom. The van der Waals surface area contributed by atoms with Crippen LogP contribution in [0.15, 0.2) is 60.8 Å². The Bertz CT molecular complexity index is 1030. The number of aromatic nitrogens is 2. The number of amides is 2. The van der Waals surface area contributed by atoms with E-state index in [1.54, 1.807) is 31.2 Å². The first kappa shape index (κ1) is 20.6.